The summed E-state index contributed by atoms with van der Waals surface area (Å²) in [6.07, 6.45) is 25.9. The lowest BCUT2D eigenvalue weighted by molar-refractivity contribution is -0.910. The van der Waals surface area contributed by atoms with Gasteiger partial charge in [0.1, 0.15) is 0 Å². The van der Waals surface area contributed by atoms with Gasteiger partial charge in [-0.15, -0.1) is 0 Å². The normalized spacial score (nSPS) is 12.5. The van der Waals surface area contributed by atoms with Gasteiger partial charge < -0.3 is 4.48 Å². The average molecular weight is 519 g/mol. The maximum Gasteiger partial charge on any atom is 0.522 e. The molecule has 0 amide bonds. The minimum absolute atomic E-state index is 1.36. The van der Waals surface area contributed by atoms with Crippen LogP contribution in [0.3, 0.4) is 0 Å². The van der Waals surface area contributed by atoms with Crippen molar-refractivity contribution in [2.24, 2.45) is 0 Å². The zero-order valence-corrected chi connectivity index (χ0v) is 23.4. The van der Waals surface area contributed by atoms with Crippen molar-refractivity contribution in [2.45, 2.75) is 142 Å². The summed E-state index contributed by atoms with van der Waals surface area (Å²) < 4.78 is 58.9. The lowest BCUT2D eigenvalue weighted by Gasteiger charge is -2.35. The standard InChI is InChI=1S/C25H54N.CHF3O3S/c1-5-8-11-14-17-20-23-26(4,24-21-18-15-12-9-6-2)25-22-19-16-13-10-7-3;2-1(3,4)8(5,6)7/h5-25H2,1-4H3;(H,5,6,7)/q+1;. The van der Waals surface area contributed by atoms with E-state index in [0.29, 0.717) is 0 Å². The monoisotopic (exact) mass is 518 g/mol. The molecule has 0 aromatic rings. The van der Waals surface area contributed by atoms with Crippen LogP contribution in [0.4, 0.5) is 13.2 Å². The Kier molecular flexibility index (Phi) is 23.1. The summed E-state index contributed by atoms with van der Waals surface area (Å²) >= 11 is 0. The molecular weight excluding hydrogens is 463 g/mol. The Morgan fingerprint density at radius 1 is 0.559 bits per heavy atom. The third-order valence-electron chi connectivity index (χ3n) is 6.45. The number of nitrogens with zero attached hydrogens (tertiary/aromatic N) is 1. The molecule has 0 aliphatic rings. The van der Waals surface area contributed by atoms with Crippen molar-refractivity contribution >= 4 is 10.1 Å². The second-order valence-electron chi connectivity index (χ2n) is 10.0. The molecule has 208 valence electrons. The maximum absolute atomic E-state index is 10.7. The summed E-state index contributed by atoms with van der Waals surface area (Å²) in [5, 5.41) is 0. The molecule has 0 bridgehead atoms. The largest absolute Gasteiger partial charge is 0.522 e. The Hall–Kier alpha value is -0.340. The van der Waals surface area contributed by atoms with Crippen molar-refractivity contribution in [1.29, 1.82) is 0 Å². The lowest BCUT2D eigenvalue weighted by Crippen LogP contribution is -2.46. The van der Waals surface area contributed by atoms with E-state index in [1.165, 1.54) is 140 Å². The van der Waals surface area contributed by atoms with E-state index < -0.39 is 15.6 Å². The third kappa shape index (κ3) is 23.4. The fourth-order valence-electron chi connectivity index (χ4n) is 4.16. The molecule has 0 aromatic heterocycles. The zero-order valence-electron chi connectivity index (χ0n) is 22.6. The molecule has 0 aromatic carbocycles. The number of hydrogen-bond acceptors (Lipinski definition) is 2. The zero-order chi connectivity index (χ0) is 26.3. The minimum Gasteiger partial charge on any atom is -0.326 e. The Balaban J connectivity index is 0. The van der Waals surface area contributed by atoms with Crippen LogP contribution in [0, 0.1) is 0 Å². The summed E-state index contributed by atoms with van der Waals surface area (Å²) in [6.45, 7) is 11.2. The van der Waals surface area contributed by atoms with E-state index in [2.05, 4.69) is 27.8 Å². The molecule has 0 saturated heterocycles. The number of halogens is 3. The van der Waals surface area contributed by atoms with E-state index in [1.807, 2.05) is 0 Å². The van der Waals surface area contributed by atoms with Gasteiger partial charge in [0, 0.05) is 0 Å². The van der Waals surface area contributed by atoms with E-state index in [1.54, 1.807) is 0 Å². The van der Waals surface area contributed by atoms with Crippen LogP contribution in [-0.4, -0.2) is 49.6 Å². The second-order valence-corrected chi connectivity index (χ2v) is 11.4. The number of unbranched alkanes of at least 4 members (excludes halogenated alkanes) is 15. The fourth-order valence-corrected chi connectivity index (χ4v) is 4.16. The van der Waals surface area contributed by atoms with Crippen molar-refractivity contribution in [2.75, 3.05) is 26.7 Å². The number of alkyl halides is 3. The first-order valence-corrected chi connectivity index (χ1v) is 15.2. The van der Waals surface area contributed by atoms with E-state index >= 15 is 0 Å². The Morgan fingerprint density at radius 2 is 0.765 bits per heavy atom. The van der Waals surface area contributed by atoms with Gasteiger partial charge in [0.05, 0.1) is 26.7 Å². The highest BCUT2D eigenvalue weighted by Gasteiger charge is 2.44. The Morgan fingerprint density at radius 3 is 0.971 bits per heavy atom. The Bertz CT molecular complexity index is 499. The predicted octanol–water partition coefficient (Wildman–Crippen LogP) is 8.91. The second kappa shape index (κ2) is 21.9. The first kappa shape index (κ1) is 35.8. The molecule has 0 aliphatic heterocycles. The first-order valence-electron chi connectivity index (χ1n) is 13.8. The molecule has 0 radical (unpaired) electrons. The van der Waals surface area contributed by atoms with Crippen LogP contribution in [0.15, 0.2) is 0 Å². The minimum atomic E-state index is -5.84. The average Bonchev–Trinajstić information content (AvgIpc) is 2.75. The van der Waals surface area contributed by atoms with Gasteiger partial charge >= 0.3 is 15.6 Å². The molecule has 0 saturated carbocycles. The molecule has 0 heterocycles. The third-order valence-corrected chi connectivity index (χ3v) is 7.03. The summed E-state index contributed by atoms with van der Waals surface area (Å²) in [5.74, 6) is 0. The van der Waals surface area contributed by atoms with Crippen LogP contribution in [0.5, 0.6) is 0 Å². The molecular formula is C26H55F3NO3S+. The molecule has 4 nitrogen and oxygen atoms in total. The van der Waals surface area contributed by atoms with Crippen LogP contribution >= 0.6 is 0 Å². The quantitative estimate of drug-likeness (QED) is 0.0714. The smallest absolute Gasteiger partial charge is 0.326 e. The van der Waals surface area contributed by atoms with Gasteiger partial charge in [0.2, 0.25) is 0 Å². The first-order chi connectivity index (χ1) is 15.9. The molecule has 0 spiro atoms. The summed E-state index contributed by atoms with van der Waals surface area (Å²) in [5.41, 5.74) is -5.53. The van der Waals surface area contributed by atoms with Gasteiger partial charge in [-0.1, -0.05) is 97.8 Å². The van der Waals surface area contributed by atoms with Crippen molar-refractivity contribution in [3.63, 3.8) is 0 Å². The van der Waals surface area contributed by atoms with Gasteiger partial charge in [-0.05, 0) is 38.5 Å². The Labute approximate surface area is 209 Å². The highest BCUT2D eigenvalue weighted by molar-refractivity contribution is 7.86. The van der Waals surface area contributed by atoms with Crippen molar-refractivity contribution in [3.05, 3.63) is 0 Å². The van der Waals surface area contributed by atoms with E-state index in [0.717, 1.165) is 0 Å². The molecule has 0 aliphatic carbocycles. The molecule has 0 rings (SSSR count). The van der Waals surface area contributed by atoms with E-state index in [4.69, 9.17) is 13.0 Å². The van der Waals surface area contributed by atoms with Crippen LogP contribution in [-0.2, 0) is 10.1 Å². The summed E-state index contributed by atoms with van der Waals surface area (Å²) in [7, 11) is -3.28. The number of hydrogen-bond donors (Lipinski definition) is 1. The molecule has 34 heavy (non-hydrogen) atoms. The van der Waals surface area contributed by atoms with Gasteiger partial charge in [0.25, 0.3) is 0 Å². The van der Waals surface area contributed by atoms with Gasteiger partial charge in [0.15, 0.2) is 0 Å². The summed E-state index contributed by atoms with van der Waals surface area (Å²) in [6, 6.07) is 0. The molecule has 8 heteroatoms. The molecule has 1 N–H and O–H groups in total. The van der Waals surface area contributed by atoms with Crippen molar-refractivity contribution in [1.82, 2.24) is 0 Å². The van der Waals surface area contributed by atoms with Crippen LogP contribution < -0.4 is 0 Å². The van der Waals surface area contributed by atoms with Crippen LogP contribution in [0.25, 0.3) is 0 Å². The van der Waals surface area contributed by atoms with Crippen molar-refractivity contribution in [3.8, 4) is 0 Å². The number of rotatable bonds is 21. The lowest BCUT2D eigenvalue weighted by atomic mass is 10.1. The highest BCUT2D eigenvalue weighted by Crippen LogP contribution is 2.20. The van der Waals surface area contributed by atoms with Crippen LogP contribution in [0.2, 0.25) is 0 Å². The fraction of sp³-hybridized carbons (Fsp3) is 1.00. The van der Waals surface area contributed by atoms with E-state index in [9.17, 15) is 13.2 Å². The van der Waals surface area contributed by atoms with Gasteiger partial charge in [-0.3, -0.25) is 4.55 Å². The SMILES string of the molecule is CCCCCCCC[N+](C)(CCCCCCCC)CCCCCCCC.O=S(=O)(O)C(F)(F)F. The number of quaternary nitrogens is 1. The van der Waals surface area contributed by atoms with Gasteiger partial charge in [-0.2, -0.15) is 21.6 Å². The topological polar surface area (TPSA) is 54.4 Å². The molecule has 0 atom stereocenters. The highest BCUT2D eigenvalue weighted by atomic mass is 32.2. The molecule has 0 fully saturated rings. The maximum atomic E-state index is 10.7. The van der Waals surface area contributed by atoms with Crippen molar-refractivity contribution < 1.29 is 30.6 Å². The van der Waals surface area contributed by atoms with Gasteiger partial charge in [-0.25, -0.2) is 0 Å². The summed E-state index contributed by atoms with van der Waals surface area (Å²) in [4.78, 5) is 0. The van der Waals surface area contributed by atoms with E-state index in [-0.39, 0.29) is 0 Å². The predicted molar refractivity (Wildman–Crippen MR) is 139 cm³/mol. The molecule has 0 unspecified atom stereocenters. The van der Waals surface area contributed by atoms with Crippen LogP contribution in [0.1, 0.15) is 136 Å².